The van der Waals surface area contributed by atoms with Crippen molar-refractivity contribution in [1.82, 2.24) is 20.2 Å². The molecule has 9 nitrogen and oxygen atoms in total. The first-order valence-electron chi connectivity index (χ1n) is 9.47. The molecule has 0 spiro atoms. The van der Waals surface area contributed by atoms with Crippen LogP contribution in [0.1, 0.15) is 6.92 Å². The smallest absolute Gasteiger partial charge is 0.318 e. The van der Waals surface area contributed by atoms with Crippen molar-refractivity contribution in [3.8, 4) is 11.1 Å². The summed E-state index contributed by atoms with van der Waals surface area (Å²) in [4.78, 5) is 35.9. The van der Waals surface area contributed by atoms with Crippen LogP contribution in [0.25, 0.3) is 11.1 Å². The molecule has 1 aliphatic rings. The Morgan fingerprint density at radius 2 is 1.69 bits per heavy atom. The highest BCUT2D eigenvalue weighted by molar-refractivity contribution is 5.89. The molecule has 0 saturated carbocycles. The van der Waals surface area contributed by atoms with Gasteiger partial charge in [0.05, 0.1) is 6.10 Å². The molecular formula is C20H25N5O4. The molecule has 2 atom stereocenters. The van der Waals surface area contributed by atoms with Gasteiger partial charge in [0.1, 0.15) is 19.0 Å². The van der Waals surface area contributed by atoms with Crippen molar-refractivity contribution in [2.24, 2.45) is 0 Å². The van der Waals surface area contributed by atoms with E-state index in [1.165, 1.54) is 13.3 Å². The number of urea groups is 1. The number of Topliss-reactive ketones (excluding diaryl/α,β-unsaturated/α-hetero) is 1. The zero-order valence-electron chi connectivity index (χ0n) is 16.2. The van der Waals surface area contributed by atoms with E-state index in [1.54, 1.807) is 17.3 Å². The van der Waals surface area contributed by atoms with E-state index < -0.39 is 30.6 Å². The highest BCUT2D eigenvalue weighted by Crippen LogP contribution is 2.23. The van der Waals surface area contributed by atoms with Crippen LogP contribution >= 0.6 is 0 Å². The molecule has 1 aromatic heterocycles. The van der Waals surface area contributed by atoms with Crippen molar-refractivity contribution >= 4 is 17.5 Å². The van der Waals surface area contributed by atoms with Gasteiger partial charge in [0.15, 0.2) is 5.78 Å². The number of piperazine rings is 1. The first-order chi connectivity index (χ1) is 14.0. The van der Waals surface area contributed by atoms with Gasteiger partial charge in [0.25, 0.3) is 0 Å². The van der Waals surface area contributed by atoms with E-state index in [1.807, 2.05) is 24.3 Å². The Morgan fingerprint density at radius 1 is 1.07 bits per heavy atom. The molecule has 9 heteroatoms. The van der Waals surface area contributed by atoms with Gasteiger partial charge in [-0.1, -0.05) is 12.1 Å². The number of hydrogen-bond donors (Lipinski definition) is 3. The number of nitrogens with one attached hydrogen (secondary N) is 1. The van der Waals surface area contributed by atoms with Crippen molar-refractivity contribution < 1.29 is 19.8 Å². The summed E-state index contributed by atoms with van der Waals surface area (Å²) in [5, 5.41) is 21.2. The number of nitrogens with zero attached hydrogens (tertiary/aromatic N) is 4. The van der Waals surface area contributed by atoms with E-state index in [0.717, 1.165) is 16.8 Å². The number of benzene rings is 1. The summed E-state index contributed by atoms with van der Waals surface area (Å²) >= 11 is 0. The Hall–Kier alpha value is -3.04. The Bertz CT molecular complexity index is 821. The number of rotatable bonds is 6. The average Bonchev–Trinajstić information content (AvgIpc) is 2.77. The second-order valence-electron chi connectivity index (χ2n) is 6.94. The fourth-order valence-corrected chi connectivity index (χ4v) is 3.27. The van der Waals surface area contributed by atoms with Gasteiger partial charge in [-0.25, -0.2) is 14.8 Å². The number of anilines is 1. The lowest BCUT2D eigenvalue weighted by atomic mass is 10.1. The molecule has 29 heavy (non-hydrogen) atoms. The van der Waals surface area contributed by atoms with Crippen LogP contribution < -0.4 is 10.2 Å². The number of aliphatic hydroxyl groups is 2. The van der Waals surface area contributed by atoms with Crippen molar-refractivity contribution in [2.45, 2.75) is 19.1 Å². The fraction of sp³-hybridized carbons (Fsp3) is 0.400. The van der Waals surface area contributed by atoms with Crippen LogP contribution in [0.3, 0.4) is 0 Å². The van der Waals surface area contributed by atoms with Gasteiger partial charge >= 0.3 is 6.03 Å². The van der Waals surface area contributed by atoms with E-state index in [2.05, 4.69) is 20.2 Å². The number of carbonyl (C=O) groups excluding carboxylic acids is 2. The number of ketones is 1. The van der Waals surface area contributed by atoms with E-state index in [9.17, 15) is 14.7 Å². The van der Waals surface area contributed by atoms with Gasteiger partial charge in [-0.2, -0.15) is 0 Å². The molecule has 3 N–H and O–H groups in total. The summed E-state index contributed by atoms with van der Waals surface area (Å²) in [7, 11) is 0. The van der Waals surface area contributed by atoms with Crippen LogP contribution in [0.2, 0.25) is 0 Å². The molecule has 3 rings (SSSR count). The quantitative estimate of drug-likeness (QED) is 0.639. The molecule has 0 unspecified atom stereocenters. The monoisotopic (exact) mass is 399 g/mol. The predicted octanol–water partition coefficient (Wildman–Crippen LogP) is 0.286. The minimum Gasteiger partial charge on any atom is -0.391 e. The summed E-state index contributed by atoms with van der Waals surface area (Å²) < 4.78 is 0. The lowest BCUT2D eigenvalue weighted by Crippen LogP contribution is -2.57. The summed E-state index contributed by atoms with van der Waals surface area (Å²) in [6.45, 7) is 2.94. The molecule has 0 radical (unpaired) electrons. The second kappa shape index (κ2) is 9.44. The first kappa shape index (κ1) is 20.7. The van der Waals surface area contributed by atoms with E-state index >= 15 is 0 Å². The lowest BCUT2D eigenvalue weighted by molar-refractivity contribution is -0.125. The summed E-state index contributed by atoms with van der Waals surface area (Å²) in [6.07, 6.45) is 3.95. The highest BCUT2D eigenvalue weighted by atomic mass is 16.3. The molecule has 154 valence electrons. The summed E-state index contributed by atoms with van der Waals surface area (Å²) in [5.41, 5.74) is 3.04. The number of amides is 2. The van der Waals surface area contributed by atoms with E-state index in [-0.39, 0.29) is 0 Å². The number of aromatic nitrogens is 2. The van der Waals surface area contributed by atoms with Crippen LogP contribution in [0.5, 0.6) is 0 Å². The Kier molecular flexibility index (Phi) is 6.73. The third-order valence-corrected chi connectivity index (χ3v) is 4.96. The fourth-order valence-electron chi connectivity index (χ4n) is 3.27. The van der Waals surface area contributed by atoms with Gasteiger partial charge in [-0.3, -0.25) is 4.79 Å². The van der Waals surface area contributed by atoms with Crippen molar-refractivity contribution in [3.05, 3.63) is 43.0 Å². The lowest BCUT2D eigenvalue weighted by Gasteiger charge is -2.37. The van der Waals surface area contributed by atoms with Crippen LogP contribution in [0, 0.1) is 0 Å². The SMILES string of the molecule is C[C@@H](O)[C@H](NC(=O)N1CCN(c2ccc(-c3cncnc3)cc2)CC1)C(=O)CO. The van der Waals surface area contributed by atoms with Gasteiger partial charge < -0.3 is 25.3 Å². The van der Waals surface area contributed by atoms with Crippen LogP contribution in [-0.4, -0.2) is 81.8 Å². The summed E-state index contributed by atoms with van der Waals surface area (Å²) in [6, 6.07) is 6.56. The van der Waals surface area contributed by atoms with Crippen molar-refractivity contribution in [1.29, 1.82) is 0 Å². The highest BCUT2D eigenvalue weighted by Gasteiger charge is 2.28. The van der Waals surface area contributed by atoms with Crippen LogP contribution in [-0.2, 0) is 4.79 Å². The first-order valence-corrected chi connectivity index (χ1v) is 9.47. The zero-order chi connectivity index (χ0) is 20.8. The normalized spacial score (nSPS) is 16.2. The van der Waals surface area contributed by atoms with Crippen molar-refractivity contribution in [2.75, 3.05) is 37.7 Å². The molecule has 2 aromatic rings. The third-order valence-electron chi connectivity index (χ3n) is 4.96. The average molecular weight is 399 g/mol. The third kappa shape index (κ3) is 5.07. The maximum Gasteiger partial charge on any atom is 0.318 e. The maximum atomic E-state index is 12.4. The van der Waals surface area contributed by atoms with E-state index in [0.29, 0.717) is 26.2 Å². The Labute approximate surface area is 169 Å². The Morgan fingerprint density at radius 3 is 2.24 bits per heavy atom. The van der Waals surface area contributed by atoms with Crippen molar-refractivity contribution in [3.63, 3.8) is 0 Å². The largest absolute Gasteiger partial charge is 0.391 e. The predicted molar refractivity (Wildman–Crippen MR) is 107 cm³/mol. The number of carbonyl (C=O) groups is 2. The topological polar surface area (TPSA) is 119 Å². The van der Waals surface area contributed by atoms with Gasteiger partial charge in [-0.15, -0.1) is 0 Å². The Balaban J connectivity index is 1.56. The second-order valence-corrected chi connectivity index (χ2v) is 6.94. The minimum atomic E-state index is -1.11. The standard InChI is InChI=1S/C20H25N5O4/c1-14(27)19(18(28)12-26)23-20(29)25-8-6-24(7-9-25)17-4-2-15(3-5-17)16-10-21-13-22-11-16/h2-5,10-11,13-14,19,26-27H,6-9,12H2,1H3,(H,23,29)/t14-,19+/m1/s1. The maximum absolute atomic E-state index is 12.4. The summed E-state index contributed by atoms with van der Waals surface area (Å²) in [5.74, 6) is -0.615. The molecule has 1 aliphatic heterocycles. The van der Waals surface area contributed by atoms with Gasteiger partial charge in [-0.05, 0) is 24.6 Å². The van der Waals surface area contributed by atoms with E-state index in [4.69, 9.17) is 5.11 Å². The molecule has 0 aliphatic carbocycles. The molecule has 0 bridgehead atoms. The molecule has 2 heterocycles. The molecular weight excluding hydrogens is 374 g/mol. The van der Waals surface area contributed by atoms with Crippen LogP contribution in [0.4, 0.5) is 10.5 Å². The minimum absolute atomic E-state index is 0.420. The number of hydrogen-bond acceptors (Lipinski definition) is 7. The van der Waals surface area contributed by atoms with Gasteiger partial charge in [0, 0.05) is 49.8 Å². The number of aliphatic hydroxyl groups excluding tert-OH is 2. The molecule has 1 aromatic carbocycles. The molecule has 2 amide bonds. The molecule has 1 fully saturated rings. The van der Waals surface area contributed by atoms with Crippen LogP contribution in [0.15, 0.2) is 43.0 Å². The van der Waals surface area contributed by atoms with Gasteiger partial charge in [0.2, 0.25) is 0 Å². The molecule has 1 saturated heterocycles. The zero-order valence-corrected chi connectivity index (χ0v) is 16.2.